The van der Waals surface area contributed by atoms with Gasteiger partial charge in [0.2, 0.25) is 5.95 Å². The van der Waals surface area contributed by atoms with E-state index in [-0.39, 0.29) is 0 Å². The predicted molar refractivity (Wildman–Crippen MR) is 84.3 cm³/mol. The maximum Gasteiger partial charge on any atom is 0.246 e. The lowest BCUT2D eigenvalue weighted by atomic mass is 10.2. The predicted octanol–water partition coefficient (Wildman–Crippen LogP) is 4.63. The zero-order valence-electron chi connectivity index (χ0n) is 10.3. The van der Waals surface area contributed by atoms with E-state index in [0.717, 1.165) is 15.7 Å². The van der Waals surface area contributed by atoms with E-state index in [2.05, 4.69) is 36.4 Å². The van der Waals surface area contributed by atoms with Crippen LogP contribution in [0.3, 0.4) is 0 Å². The number of aromatic amines is 1. The van der Waals surface area contributed by atoms with Crippen LogP contribution in [0.1, 0.15) is 0 Å². The first-order valence-corrected chi connectivity index (χ1v) is 7.09. The van der Waals surface area contributed by atoms with E-state index in [1.807, 2.05) is 48.5 Å². The molecule has 0 unspecified atom stereocenters. The Hall–Kier alpha value is -1.85. The second-order valence-corrected chi connectivity index (χ2v) is 5.45. The number of hydrogen-bond acceptors (Lipinski definition) is 3. The number of halogens is 2. The number of benzene rings is 2. The van der Waals surface area contributed by atoms with Gasteiger partial charge in [0.25, 0.3) is 0 Å². The third-order valence-corrected chi connectivity index (χ3v) is 3.53. The van der Waals surface area contributed by atoms with E-state index in [0.29, 0.717) is 16.8 Å². The zero-order valence-corrected chi connectivity index (χ0v) is 12.6. The molecule has 4 nitrogen and oxygen atoms in total. The van der Waals surface area contributed by atoms with Crippen LogP contribution < -0.4 is 5.32 Å². The summed E-state index contributed by atoms with van der Waals surface area (Å²) in [5.74, 6) is 1.17. The van der Waals surface area contributed by atoms with Gasteiger partial charge in [-0.2, -0.15) is 4.98 Å². The van der Waals surface area contributed by atoms with Gasteiger partial charge in [-0.25, -0.2) is 0 Å². The standard InChI is InChI=1S/C14H10BrClN4/c15-10-5-3-4-9(8-10)13-18-14(20-19-13)17-12-7-2-1-6-11(12)16/h1-8H,(H2,17,18,19,20). The minimum atomic E-state index is 0.480. The highest BCUT2D eigenvalue weighted by Crippen LogP contribution is 2.25. The normalized spacial score (nSPS) is 10.5. The Morgan fingerprint density at radius 3 is 2.75 bits per heavy atom. The van der Waals surface area contributed by atoms with Crippen LogP contribution in [0.4, 0.5) is 11.6 Å². The van der Waals surface area contributed by atoms with Crippen LogP contribution in [-0.4, -0.2) is 15.2 Å². The Morgan fingerprint density at radius 2 is 1.95 bits per heavy atom. The van der Waals surface area contributed by atoms with Crippen LogP contribution in [0.2, 0.25) is 5.02 Å². The first kappa shape index (κ1) is 13.1. The zero-order chi connectivity index (χ0) is 13.9. The lowest BCUT2D eigenvalue weighted by molar-refractivity contribution is 1.10. The second kappa shape index (κ2) is 5.64. The van der Waals surface area contributed by atoms with Crippen molar-refractivity contribution in [2.24, 2.45) is 0 Å². The largest absolute Gasteiger partial charge is 0.322 e. The Kier molecular flexibility index (Phi) is 3.71. The molecule has 2 aromatic carbocycles. The number of aromatic nitrogens is 3. The van der Waals surface area contributed by atoms with Crippen LogP contribution in [0.25, 0.3) is 11.4 Å². The van der Waals surface area contributed by atoms with Crippen molar-refractivity contribution in [2.75, 3.05) is 5.32 Å². The minimum absolute atomic E-state index is 0.480. The van der Waals surface area contributed by atoms with E-state index < -0.39 is 0 Å². The van der Waals surface area contributed by atoms with Crippen molar-refractivity contribution in [3.63, 3.8) is 0 Å². The van der Waals surface area contributed by atoms with Gasteiger partial charge in [0.15, 0.2) is 5.82 Å². The van der Waals surface area contributed by atoms with Crippen LogP contribution >= 0.6 is 27.5 Å². The Bertz CT molecular complexity index is 741. The van der Waals surface area contributed by atoms with Gasteiger partial charge in [0.1, 0.15) is 0 Å². The van der Waals surface area contributed by atoms with Gasteiger partial charge in [0.05, 0.1) is 10.7 Å². The molecular formula is C14H10BrClN4. The molecule has 2 N–H and O–H groups in total. The van der Waals surface area contributed by atoms with Crippen molar-refractivity contribution in [1.82, 2.24) is 15.2 Å². The molecule has 3 aromatic rings. The summed E-state index contributed by atoms with van der Waals surface area (Å²) in [6.07, 6.45) is 0. The quantitative estimate of drug-likeness (QED) is 0.725. The fraction of sp³-hybridized carbons (Fsp3) is 0. The van der Waals surface area contributed by atoms with E-state index in [1.54, 1.807) is 0 Å². The number of nitrogens with one attached hydrogen (secondary N) is 2. The first-order chi connectivity index (χ1) is 9.72. The smallest absolute Gasteiger partial charge is 0.246 e. The highest BCUT2D eigenvalue weighted by Gasteiger charge is 2.07. The second-order valence-electron chi connectivity index (χ2n) is 4.12. The van der Waals surface area contributed by atoms with E-state index >= 15 is 0 Å². The van der Waals surface area contributed by atoms with Gasteiger partial charge in [-0.3, -0.25) is 5.10 Å². The summed E-state index contributed by atoms with van der Waals surface area (Å²) in [6.45, 7) is 0. The Morgan fingerprint density at radius 1 is 1.10 bits per heavy atom. The highest BCUT2D eigenvalue weighted by atomic mass is 79.9. The summed E-state index contributed by atoms with van der Waals surface area (Å²) in [7, 11) is 0. The number of hydrogen-bond donors (Lipinski definition) is 2. The van der Waals surface area contributed by atoms with Crippen molar-refractivity contribution in [3.05, 3.63) is 58.0 Å². The van der Waals surface area contributed by atoms with Crippen LogP contribution in [0.15, 0.2) is 53.0 Å². The van der Waals surface area contributed by atoms with Crippen molar-refractivity contribution in [2.45, 2.75) is 0 Å². The number of para-hydroxylation sites is 1. The molecule has 0 saturated heterocycles. The molecule has 0 atom stereocenters. The average molecular weight is 350 g/mol. The SMILES string of the molecule is Clc1ccccc1Nc1n[nH]c(-c2cccc(Br)c2)n1. The maximum absolute atomic E-state index is 6.08. The molecule has 20 heavy (non-hydrogen) atoms. The van der Waals surface area contributed by atoms with Gasteiger partial charge < -0.3 is 5.32 Å². The fourth-order valence-electron chi connectivity index (χ4n) is 1.77. The third kappa shape index (κ3) is 2.84. The summed E-state index contributed by atoms with van der Waals surface area (Å²) < 4.78 is 0.993. The van der Waals surface area contributed by atoms with Gasteiger partial charge >= 0.3 is 0 Å². The van der Waals surface area contributed by atoms with Gasteiger partial charge in [-0.15, -0.1) is 5.10 Å². The lowest BCUT2D eigenvalue weighted by Crippen LogP contribution is -1.92. The lowest BCUT2D eigenvalue weighted by Gasteiger charge is -2.02. The maximum atomic E-state index is 6.08. The van der Waals surface area contributed by atoms with Crippen molar-refractivity contribution >= 4 is 39.2 Å². The van der Waals surface area contributed by atoms with Crippen LogP contribution in [-0.2, 0) is 0 Å². The molecule has 0 radical (unpaired) electrons. The molecule has 0 fully saturated rings. The molecule has 3 rings (SSSR count). The summed E-state index contributed by atoms with van der Waals surface area (Å²) >= 11 is 9.52. The van der Waals surface area contributed by atoms with Crippen molar-refractivity contribution < 1.29 is 0 Å². The molecule has 0 aliphatic rings. The van der Waals surface area contributed by atoms with Crippen molar-refractivity contribution in [3.8, 4) is 11.4 Å². The average Bonchev–Trinajstić information content (AvgIpc) is 2.90. The third-order valence-electron chi connectivity index (χ3n) is 2.70. The number of H-pyrrole nitrogens is 1. The minimum Gasteiger partial charge on any atom is -0.322 e. The monoisotopic (exact) mass is 348 g/mol. The topological polar surface area (TPSA) is 53.6 Å². The fourth-order valence-corrected chi connectivity index (χ4v) is 2.35. The van der Waals surface area contributed by atoms with Gasteiger partial charge in [0, 0.05) is 10.0 Å². The molecule has 100 valence electrons. The molecule has 0 aliphatic carbocycles. The summed E-state index contributed by atoms with van der Waals surface area (Å²) in [6, 6.07) is 15.3. The molecular weight excluding hydrogens is 340 g/mol. The molecule has 0 saturated carbocycles. The van der Waals surface area contributed by atoms with Gasteiger partial charge in [-0.1, -0.05) is 51.8 Å². The summed E-state index contributed by atoms with van der Waals surface area (Å²) in [4.78, 5) is 4.40. The van der Waals surface area contributed by atoms with E-state index in [1.165, 1.54) is 0 Å². The number of nitrogens with zero attached hydrogens (tertiary/aromatic N) is 2. The molecule has 6 heteroatoms. The number of anilines is 2. The van der Waals surface area contributed by atoms with Crippen LogP contribution in [0.5, 0.6) is 0 Å². The Balaban J connectivity index is 1.86. The molecule has 0 amide bonds. The Labute approximate surface area is 129 Å². The molecule has 0 aliphatic heterocycles. The summed E-state index contributed by atoms with van der Waals surface area (Å²) in [5.41, 5.74) is 1.73. The van der Waals surface area contributed by atoms with Gasteiger partial charge in [-0.05, 0) is 24.3 Å². The van der Waals surface area contributed by atoms with Crippen molar-refractivity contribution in [1.29, 1.82) is 0 Å². The first-order valence-electron chi connectivity index (χ1n) is 5.92. The van der Waals surface area contributed by atoms with E-state index in [4.69, 9.17) is 11.6 Å². The van der Waals surface area contributed by atoms with Crippen LogP contribution in [0, 0.1) is 0 Å². The van der Waals surface area contributed by atoms with E-state index in [9.17, 15) is 0 Å². The highest BCUT2D eigenvalue weighted by molar-refractivity contribution is 9.10. The molecule has 0 spiro atoms. The summed E-state index contributed by atoms with van der Waals surface area (Å²) in [5, 5.41) is 10.7. The number of rotatable bonds is 3. The molecule has 0 bridgehead atoms. The molecule has 1 heterocycles. The molecule has 1 aromatic heterocycles.